The molecule has 0 N–H and O–H groups in total. The van der Waals surface area contributed by atoms with E-state index in [0.29, 0.717) is 0 Å². The summed E-state index contributed by atoms with van der Waals surface area (Å²) in [6, 6.07) is 0. The van der Waals surface area contributed by atoms with E-state index in [-0.39, 0.29) is 0 Å². The molecule has 5 nitrogen and oxygen atoms in total. The van der Waals surface area contributed by atoms with Gasteiger partial charge in [0.05, 0.1) is 18.8 Å². The highest BCUT2D eigenvalue weighted by Gasteiger charge is 1.99. The summed E-state index contributed by atoms with van der Waals surface area (Å²) < 4.78 is 1.85. The van der Waals surface area contributed by atoms with Gasteiger partial charge in [0.15, 0.2) is 0 Å². The van der Waals surface area contributed by atoms with E-state index in [2.05, 4.69) is 20.3 Å². The number of aromatic nitrogens is 3. The van der Waals surface area contributed by atoms with Gasteiger partial charge in [0.2, 0.25) is 0 Å². The predicted molar refractivity (Wildman–Crippen MR) is 71.0 cm³/mol. The van der Waals surface area contributed by atoms with Crippen molar-refractivity contribution in [3.05, 3.63) is 11.9 Å². The molecule has 0 spiro atoms. The van der Waals surface area contributed by atoms with E-state index in [9.17, 15) is 0 Å². The molecule has 1 heterocycles. The largest absolute Gasteiger partial charge is 0.298 e. The molecule has 17 heavy (non-hydrogen) atoms. The topological polar surface area (TPSA) is 55.4 Å². The Morgan fingerprint density at radius 3 is 2.71 bits per heavy atom. The summed E-state index contributed by atoms with van der Waals surface area (Å²) in [5.74, 6) is 0. The number of hydrogen-bond acceptors (Lipinski definition) is 4. The highest BCUT2D eigenvalue weighted by atomic mass is 15.4. The minimum absolute atomic E-state index is 0.768. The number of hydrogen-bond donors (Lipinski definition) is 0. The van der Waals surface area contributed by atoms with Gasteiger partial charge in [-0.2, -0.15) is 0 Å². The van der Waals surface area contributed by atoms with Crippen molar-refractivity contribution in [2.45, 2.75) is 39.7 Å². The van der Waals surface area contributed by atoms with Crippen LogP contribution in [0, 0.1) is 0 Å². The van der Waals surface area contributed by atoms with Crippen LogP contribution in [0.25, 0.3) is 0 Å². The molecule has 1 aromatic rings. The third-order valence-electron chi connectivity index (χ3n) is 2.38. The van der Waals surface area contributed by atoms with Crippen molar-refractivity contribution in [2.24, 2.45) is 9.98 Å². The predicted octanol–water partition coefficient (Wildman–Crippen LogP) is 1.78. The van der Waals surface area contributed by atoms with E-state index in [1.807, 2.05) is 37.2 Å². The second kappa shape index (κ2) is 8.61. The molecule has 94 valence electrons. The fourth-order valence-corrected chi connectivity index (χ4v) is 1.49. The van der Waals surface area contributed by atoms with Crippen molar-refractivity contribution in [2.75, 3.05) is 13.1 Å². The standard InChI is InChI=1S/C12H21N5/c1-3-13-8-6-5-7-12-11-17(16-15-12)10-9-14-4-2/h3-4,11H,5-10H2,1-2H3. The first kappa shape index (κ1) is 13.5. The first-order valence-electron chi connectivity index (χ1n) is 6.14. The fraction of sp³-hybridized carbons (Fsp3) is 0.667. The molecule has 0 aromatic carbocycles. The Morgan fingerprint density at radius 1 is 1.18 bits per heavy atom. The van der Waals surface area contributed by atoms with Crippen LogP contribution in [0.5, 0.6) is 0 Å². The van der Waals surface area contributed by atoms with Crippen LogP contribution in [0.15, 0.2) is 16.2 Å². The minimum Gasteiger partial charge on any atom is -0.298 e. The zero-order chi connectivity index (χ0) is 12.3. The molecular weight excluding hydrogens is 214 g/mol. The van der Waals surface area contributed by atoms with E-state index in [1.54, 1.807) is 0 Å². The van der Waals surface area contributed by atoms with Gasteiger partial charge in [-0.05, 0) is 45.5 Å². The van der Waals surface area contributed by atoms with Crippen LogP contribution in [0.1, 0.15) is 32.4 Å². The Labute approximate surface area is 103 Å². The van der Waals surface area contributed by atoms with E-state index in [1.165, 1.54) is 0 Å². The van der Waals surface area contributed by atoms with Gasteiger partial charge in [0.25, 0.3) is 0 Å². The molecule has 0 saturated carbocycles. The lowest BCUT2D eigenvalue weighted by Gasteiger charge is -1.95. The summed E-state index contributed by atoms with van der Waals surface area (Å²) >= 11 is 0. The average molecular weight is 235 g/mol. The number of aryl methyl sites for hydroxylation is 1. The molecule has 0 aliphatic rings. The molecule has 1 aromatic heterocycles. The monoisotopic (exact) mass is 235 g/mol. The summed E-state index contributed by atoms with van der Waals surface area (Å²) in [4.78, 5) is 8.32. The quantitative estimate of drug-likeness (QED) is 0.509. The molecule has 0 amide bonds. The number of unbranched alkanes of at least 4 members (excludes halogenated alkanes) is 1. The van der Waals surface area contributed by atoms with Crippen LogP contribution in [-0.4, -0.2) is 40.5 Å². The summed E-state index contributed by atoms with van der Waals surface area (Å²) in [5.41, 5.74) is 1.06. The van der Waals surface area contributed by atoms with E-state index < -0.39 is 0 Å². The van der Waals surface area contributed by atoms with Gasteiger partial charge in [0, 0.05) is 12.7 Å². The van der Waals surface area contributed by atoms with Crippen molar-refractivity contribution in [3.8, 4) is 0 Å². The molecule has 0 atom stereocenters. The summed E-state index contributed by atoms with van der Waals surface area (Å²) in [5, 5.41) is 8.20. The van der Waals surface area contributed by atoms with Crippen molar-refractivity contribution < 1.29 is 0 Å². The lowest BCUT2D eigenvalue weighted by molar-refractivity contribution is 0.599. The second-order valence-corrected chi connectivity index (χ2v) is 3.76. The fourth-order valence-electron chi connectivity index (χ4n) is 1.49. The maximum atomic E-state index is 4.18. The Balaban J connectivity index is 2.21. The van der Waals surface area contributed by atoms with Crippen molar-refractivity contribution >= 4 is 12.4 Å². The number of rotatable bonds is 8. The van der Waals surface area contributed by atoms with E-state index >= 15 is 0 Å². The lowest BCUT2D eigenvalue weighted by atomic mass is 10.2. The molecule has 0 saturated heterocycles. The van der Waals surface area contributed by atoms with Crippen molar-refractivity contribution in [1.29, 1.82) is 0 Å². The van der Waals surface area contributed by atoms with Crippen LogP contribution in [-0.2, 0) is 13.0 Å². The number of aliphatic imine (C=N–C) groups is 2. The average Bonchev–Trinajstić information content (AvgIpc) is 2.77. The van der Waals surface area contributed by atoms with Gasteiger partial charge in [0.1, 0.15) is 0 Å². The van der Waals surface area contributed by atoms with Gasteiger partial charge in [-0.15, -0.1) is 5.10 Å². The van der Waals surface area contributed by atoms with Gasteiger partial charge in [-0.1, -0.05) is 5.21 Å². The molecule has 0 bridgehead atoms. The van der Waals surface area contributed by atoms with Gasteiger partial charge < -0.3 is 0 Å². The highest BCUT2D eigenvalue weighted by Crippen LogP contribution is 2.01. The Hall–Kier alpha value is -1.52. The Kier molecular flexibility index (Phi) is 6.86. The third-order valence-corrected chi connectivity index (χ3v) is 2.38. The van der Waals surface area contributed by atoms with Crippen LogP contribution in [0.2, 0.25) is 0 Å². The van der Waals surface area contributed by atoms with Crippen LogP contribution < -0.4 is 0 Å². The third kappa shape index (κ3) is 5.94. The normalized spacial score (nSPS) is 11.9. The molecule has 0 aliphatic heterocycles. The summed E-state index contributed by atoms with van der Waals surface area (Å²) in [6.45, 7) is 6.35. The summed E-state index contributed by atoms with van der Waals surface area (Å²) in [7, 11) is 0. The Bertz CT molecular complexity index is 354. The van der Waals surface area contributed by atoms with E-state index in [4.69, 9.17) is 0 Å². The second-order valence-electron chi connectivity index (χ2n) is 3.76. The van der Waals surface area contributed by atoms with Crippen molar-refractivity contribution in [1.82, 2.24) is 15.0 Å². The maximum Gasteiger partial charge on any atom is 0.0827 e. The molecule has 0 fully saturated rings. The minimum atomic E-state index is 0.768. The Morgan fingerprint density at radius 2 is 1.94 bits per heavy atom. The SMILES string of the molecule is CC=NCCCCc1cn(CCN=CC)nn1. The summed E-state index contributed by atoms with van der Waals surface area (Å²) in [6.07, 6.45) is 8.88. The van der Waals surface area contributed by atoms with Gasteiger partial charge in [-0.25, -0.2) is 0 Å². The maximum absolute atomic E-state index is 4.18. The van der Waals surface area contributed by atoms with Crippen molar-refractivity contribution in [3.63, 3.8) is 0 Å². The van der Waals surface area contributed by atoms with Crippen LogP contribution >= 0.6 is 0 Å². The highest BCUT2D eigenvalue weighted by molar-refractivity contribution is 5.53. The first-order chi connectivity index (χ1) is 8.36. The first-order valence-corrected chi connectivity index (χ1v) is 6.14. The molecule has 5 heteroatoms. The van der Waals surface area contributed by atoms with Gasteiger partial charge in [-0.3, -0.25) is 14.7 Å². The molecule has 0 aliphatic carbocycles. The zero-order valence-electron chi connectivity index (χ0n) is 10.7. The smallest absolute Gasteiger partial charge is 0.0827 e. The molecular formula is C12H21N5. The van der Waals surface area contributed by atoms with Crippen LogP contribution in [0.3, 0.4) is 0 Å². The molecule has 1 rings (SSSR count). The van der Waals surface area contributed by atoms with Crippen LogP contribution in [0.4, 0.5) is 0 Å². The molecule has 0 unspecified atom stereocenters. The zero-order valence-corrected chi connectivity index (χ0v) is 10.7. The lowest BCUT2D eigenvalue weighted by Crippen LogP contribution is -2.01. The molecule has 0 radical (unpaired) electrons. The van der Waals surface area contributed by atoms with Gasteiger partial charge >= 0.3 is 0 Å². The number of nitrogens with zero attached hydrogens (tertiary/aromatic N) is 5. The van der Waals surface area contributed by atoms with E-state index in [0.717, 1.165) is 44.6 Å².